The highest BCUT2D eigenvalue weighted by Crippen LogP contribution is 2.48. The number of amides is 3. The van der Waals surface area contributed by atoms with E-state index in [4.69, 9.17) is 4.74 Å². The maximum Gasteiger partial charge on any atom is 0.235 e. The molecule has 4 fully saturated rings. The molecular formula is C16H23N3O4. The summed E-state index contributed by atoms with van der Waals surface area (Å²) in [6.07, 6.45) is 3.96. The topological polar surface area (TPSA) is 87.7 Å². The van der Waals surface area contributed by atoms with Crippen LogP contribution in [-0.2, 0) is 19.1 Å². The third-order valence-electron chi connectivity index (χ3n) is 5.65. The predicted molar refractivity (Wildman–Crippen MR) is 80.2 cm³/mol. The molecule has 3 amide bonds. The molecule has 0 aromatic rings. The molecule has 126 valence electrons. The van der Waals surface area contributed by atoms with Crippen molar-refractivity contribution < 1.29 is 19.1 Å². The minimum absolute atomic E-state index is 0.0892. The largest absolute Gasteiger partial charge is 0.373 e. The predicted octanol–water partition coefficient (Wildman–Crippen LogP) is -0.593. The highest BCUT2D eigenvalue weighted by Gasteiger charge is 2.62. The quantitative estimate of drug-likeness (QED) is 0.661. The lowest BCUT2D eigenvalue weighted by Gasteiger charge is -2.17. The van der Waals surface area contributed by atoms with Crippen LogP contribution in [0.15, 0.2) is 0 Å². The monoisotopic (exact) mass is 321 g/mol. The average Bonchev–Trinajstić information content (AvgIpc) is 3.29. The first-order valence-electron chi connectivity index (χ1n) is 8.66. The van der Waals surface area contributed by atoms with Crippen LogP contribution in [0.2, 0.25) is 0 Å². The number of fused-ring (bicyclic) bond motifs is 5. The van der Waals surface area contributed by atoms with E-state index < -0.39 is 0 Å². The van der Waals surface area contributed by atoms with Gasteiger partial charge in [0, 0.05) is 25.6 Å². The Hall–Kier alpha value is -1.47. The van der Waals surface area contributed by atoms with E-state index in [1.807, 2.05) is 0 Å². The van der Waals surface area contributed by atoms with Gasteiger partial charge >= 0.3 is 0 Å². The molecule has 4 aliphatic rings. The molecule has 0 aliphatic carbocycles. The summed E-state index contributed by atoms with van der Waals surface area (Å²) in [6, 6.07) is 0.348. The normalized spacial score (nSPS) is 38.4. The summed E-state index contributed by atoms with van der Waals surface area (Å²) in [6.45, 7) is 1.81. The molecule has 2 bridgehead atoms. The van der Waals surface area contributed by atoms with Gasteiger partial charge in [-0.1, -0.05) is 0 Å². The van der Waals surface area contributed by atoms with Crippen molar-refractivity contribution >= 4 is 17.7 Å². The van der Waals surface area contributed by atoms with Crippen molar-refractivity contribution in [3.8, 4) is 0 Å². The smallest absolute Gasteiger partial charge is 0.235 e. The summed E-state index contributed by atoms with van der Waals surface area (Å²) in [4.78, 5) is 38.1. The minimum Gasteiger partial charge on any atom is -0.373 e. The van der Waals surface area contributed by atoms with Gasteiger partial charge in [-0.2, -0.15) is 0 Å². The Kier molecular flexibility index (Phi) is 3.85. The molecule has 4 saturated heterocycles. The number of nitrogens with one attached hydrogen (secondary N) is 2. The van der Waals surface area contributed by atoms with Crippen LogP contribution in [0.5, 0.6) is 0 Å². The first-order chi connectivity index (χ1) is 11.1. The SMILES string of the molecule is O=C(CCN1C(=O)C2C3CCC(O3)C2C1=O)NCC1CCCN1. The van der Waals surface area contributed by atoms with E-state index in [2.05, 4.69) is 10.6 Å². The summed E-state index contributed by atoms with van der Waals surface area (Å²) in [7, 11) is 0. The molecule has 5 atom stereocenters. The van der Waals surface area contributed by atoms with E-state index in [-0.39, 0.29) is 54.7 Å². The lowest BCUT2D eigenvalue weighted by atomic mass is 9.81. The Labute approximate surface area is 135 Å². The van der Waals surface area contributed by atoms with E-state index in [1.54, 1.807) is 0 Å². The fourth-order valence-corrected chi connectivity index (χ4v) is 4.46. The number of imide groups is 1. The highest BCUT2D eigenvalue weighted by molar-refractivity contribution is 6.06. The lowest BCUT2D eigenvalue weighted by molar-refractivity contribution is -0.142. The van der Waals surface area contributed by atoms with Gasteiger partial charge in [0.2, 0.25) is 17.7 Å². The summed E-state index contributed by atoms with van der Waals surface area (Å²) in [5, 5.41) is 6.20. The van der Waals surface area contributed by atoms with E-state index in [9.17, 15) is 14.4 Å². The molecule has 5 unspecified atom stereocenters. The molecule has 0 aromatic heterocycles. The number of carbonyl (C=O) groups is 3. The second kappa shape index (κ2) is 5.87. The maximum absolute atomic E-state index is 12.5. The van der Waals surface area contributed by atoms with Gasteiger partial charge in [-0.15, -0.1) is 0 Å². The number of rotatable bonds is 5. The lowest BCUT2D eigenvalue weighted by Crippen LogP contribution is -2.40. The molecule has 0 aromatic carbocycles. The Bertz CT molecular complexity index is 503. The summed E-state index contributed by atoms with van der Waals surface area (Å²) in [5.41, 5.74) is 0. The summed E-state index contributed by atoms with van der Waals surface area (Å²) in [5.74, 6) is -0.982. The molecule has 0 saturated carbocycles. The van der Waals surface area contributed by atoms with Crippen molar-refractivity contribution in [3.63, 3.8) is 0 Å². The molecule has 0 spiro atoms. The molecule has 23 heavy (non-hydrogen) atoms. The summed E-state index contributed by atoms with van der Waals surface area (Å²) >= 11 is 0. The van der Waals surface area contributed by atoms with Crippen molar-refractivity contribution in [1.29, 1.82) is 0 Å². The Morgan fingerprint density at radius 2 is 1.87 bits per heavy atom. The van der Waals surface area contributed by atoms with Crippen molar-refractivity contribution in [1.82, 2.24) is 15.5 Å². The van der Waals surface area contributed by atoms with Crippen LogP contribution < -0.4 is 10.6 Å². The van der Waals surface area contributed by atoms with Crippen molar-refractivity contribution in [2.75, 3.05) is 19.6 Å². The van der Waals surface area contributed by atoms with E-state index in [0.717, 1.165) is 32.2 Å². The van der Waals surface area contributed by atoms with Gasteiger partial charge in [0.25, 0.3) is 0 Å². The van der Waals surface area contributed by atoms with Gasteiger partial charge in [0.05, 0.1) is 24.0 Å². The first-order valence-corrected chi connectivity index (χ1v) is 8.66. The molecule has 7 heteroatoms. The molecular weight excluding hydrogens is 298 g/mol. The Morgan fingerprint density at radius 3 is 2.48 bits per heavy atom. The zero-order valence-electron chi connectivity index (χ0n) is 13.1. The molecule has 4 heterocycles. The number of carbonyl (C=O) groups excluding carboxylic acids is 3. The molecule has 7 nitrogen and oxygen atoms in total. The fraction of sp³-hybridized carbons (Fsp3) is 0.812. The van der Waals surface area contributed by atoms with Crippen LogP contribution in [0, 0.1) is 11.8 Å². The summed E-state index contributed by atoms with van der Waals surface area (Å²) < 4.78 is 5.69. The first kappa shape index (κ1) is 15.1. The molecule has 4 aliphatic heterocycles. The number of ether oxygens (including phenoxy) is 1. The van der Waals surface area contributed by atoms with Crippen LogP contribution in [-0.4, -0.2) is 60.5 Å². The standard InChI is InChI=1S/C16H23N3O4/c20-12(18-8-9-2-1-6-17-9)5-7-19-15(21)13-10-3-4-11(23-10)14(13)16(19)22/h9-11,13-14,17H,1-8H2,(H,18,20). The van der Waals surface area contributed by atoms with Crippen molar-refractivity contribution in [2.24, 2.45) is 11.8 Å². The number of likely N-dealkylation sites (tertiary alicyclic amines) is 1. The van der Waals surface area contributed by atoms with Gasteiger partial charge in [0.1, 0.15) is 0 Å². The van der Waals surface area contributed by atoms with Gasteiger partial charge in [0.15, 0.2) is 0 Å². The molecule has 0 radical (unpaired) electrons. The third kappa shape index (κ3) is 2.55. The van der Waals surface area contributed by atoms with Crippen molar-refractivity contribution in [2.45, 2.75) is 50.4 Å². The number of hydrogen-bond donors (Lipinski definition) is 2. The van der Waals surface area contributed by atoms with Gasteiger partial charge in [-0.25, -0.2) is 0 Å². The zero-order valence-corrected chi connectivity index (χ0v) is 13.1. The molecule has 2 N–H and O–H groups in total. The molecule has 4 rings (SSSR count). The van der Waals surface area contributed by atoms with Gasteiger partial charge < -0.3 is 15.4 Å². The minimum atomic E-state index is -0.299. The van der Waals surface area contributed by atoms with Crippen molar-refractivity contribution in [3.05, 3.63) is 0 Å². The van der Waals surface area contributed by atoms with Gasteiger partial charge in [-0.05, 0) is 32.2 Å². The highest BCUT2D eigenvalue weighted by atomic mass is 16.5. The zero-order chi connectivity index (χ0) is 16.0. The van der Waals surface area contributed by atoms with Crippen LogP contribution in [0.25, 0.3) is 0 Å². The Morgan fingerprint density at radius 1 is 1.17 bits per heavy atom. The second-order valence-electron chi connectivity index (χ2n) is 7.02. The van der Waals surface area contributed by atoms with Gasteiger partial charge in [-0.3, -0.25) is 19.3 Å². The fourth-order valence-electron chi connectivity index (χ4n) is 4.46. The van der Waals surface area contributed by atoms with E-state index in [0.29, 0.717) is 12.6 Å². The van der Waals surface area contributed by atoms with E-state index in [1.165, 1.54) is 4.90 Å². The van der Waals surface area contributed by atoms with Crippen LogP contribution in [0.4, 0.5) is 0 Å². The van der Waals surface area contributed by atoms with Crippen LogP contribution in [0.1, 0.15) is 32.1 Å². The van der Waals surface area contributed by atoms with E-state index >= 15 is 0 Å². The maximum atomic E-state index is 12.5. The Balaban J connectivity index is 1.28. The second-order valence-corrected chi connectivity index (χ2v) is 7.02. The third-order valence-corrected chi connectivity index (χ3v) is 5.65. The van der Waals surface area contributed by atoms with Crippen LogP contribution >= 0.6 is 0 Å². The average molecular weight is 321 g/mol. The number of nitrogens with zero attached hydrogens (tertiary/aromatic N) is 1. The number of hydrogen-bond acceptors (Lipinski definition) is 5. The van der Waals surface area contributed by atoms with Crippen LogP contribution in [0.3, 0.4) is 0 Å².